The second-order valence-corrected chi connectivity index (χ2v) is 6.72. The fourth-order valence-corrected chi connectivity index (χ4v) is 2.89. The highest BCUT2D eigenvalue weighted by atomic mass is 79.9. The van der Waals surface area contributed by atoms with Crippen molar-refractivity contribution in [1.29, 1.82) is 0 Å². The highest BCUT2D eigenvalue weighted by molar-refractivity contribution is 9.11. The van der Waals surface area contributed by atoms with Crippen LogP contribution < -0.4 is 5.32 Å². The van der Waals surface area contributed by atoms with Gasteiger partial charge in [-0.15, -0.1) is 0 Å². The van der Waals surface area contributed by atoms with Crippen LogP contribution in [0.4, 0.5) is 5.69 Å². The van der Waals surface area contributed by atoms with Gasteiger partial charge < -0.3 is 5.32 Å². The van der Waals surface area contributed by atoms with Crippen LogP contribution >= 0.6 is 47.8 Å². The Morgan fingerprint density at radius 3 is 2.32 bits per heavy atom. The fourth-order valence-electron chi connectivity index (χ4n) is 1.63. The number of nitrogens with one attached hydrogen (secondary N) is 1. The second-order valence-electron chi connectivity index (χ2n) is 4.04. The molecule has 19 heavy (non-hydrogen) atoms. The lowest BCUT2D eigenvalue weighted by Gasteiger charge is -2.10. The van der Waals surface area contributed by atoms with E-state index in [1.807, 2.05) is 37.3 Å². The molecule has 2 rings (SSSR count). The molecule has 1 amide bonds. The number of anilines is 1. The molecule has 0 aliphatic heterocycles. The molecule has 2 nitrogen and oxygen atoms in total. The molecule has 0 aliphatic carbocycles. The molecule has 0 aliphatic rings. The highest BCUT2D eigenvalue weighted by Gasteiger charge is 2.12. The fraction of sp³-hybridized carbons (Fsp3) is 0.0714. The lowest BCUT2D eigenvalue weighted by molar-refractivity contribution is 0.102. The minimum absolute atomic E-state index is 0.140. The van der Waals surface area contributed by atoms with Crippen molar-refractivity contribution in [3.05, 3.63) is 60.9 Å². The Labute approximate surface area is 137 Å². The number of rotatable bonds is 2. The third-order valence-electron chi connectivity index (χ3n) is 2.61. The van der Waals surface area contributed by atoms with E-state index in [1.54, 1.807) is 6.07 Å². The van der Waals surface area contributed by atoms with Gasteiger partial charge in [-0.2, -0.15) is 0 Å². The summed E-state index contributed by atoms with van der Waals surface area (Å²) in [5.41, 5.74) is 2.41. The van der Waals surface area contributed by atoms with Gasteiger partial charge in [0.05, 0.1) is 5.56 Å². The van der Waals surface area contributed by atoms with Crippen LogP contribution in [0.2, 0.25) is 0 Å². The predicted octanol–water partition coefficient (Wildman–Crippen LogP) is 5.53. The summed E-state index contributed by atoms with van der Waals surface area (Å²) in [6, 6.07) is 11.3. The van der Waals surface area contributed by atoms with Gasteiger partial charge >= 0.3 is 0 Å². The molecule has 98 valence electrons. The summed E-state index contributed by atoms with van der Waals surface area (Å²) in [6.45, 7) is 1.95. The minimum atomic E-state index is -0.140. The van der Waals surface area contributed by atoms with E-state index >= 15 is 0 Å². The first kappa shape index (κ1) is 14.8. The molecule has 0 unspecified atom stereocenters. The van der Waals surface area contributed by atoms with E-state index in [-0.39, 0.29) is 5.91 Å². The highest BCUT2D eigenvalue weighted by Crippen LogP contribution is 2.24. The average molecular weight is 448 g/mol. The van der Waals surface area contributed by atoms with Gasteiger partial charge in [-0.05, 0) is 64.8 Å². The zero-order valence-corrected chi connectivity index (χ0v) is 14.8. The van der Waals surface area contributed by atoms with Crippen LogP contribution in [0.3, 0.4) is 0 Å². The van der Waals surface area contributed by atoms with Gasteiger partial charge in [-0.1, -0.05) is 31.9 Å². The molecule has 0 atom stereocenters. The van der Waals surface area contributed by atoms with Crippen LogP contribution in [0.25, 0.3) is 0 Å². The molecule has 0 aromatic heterocycles. The quantitative estimate of drug-likeness (QED) is 0.643. The number of aryl methyl sites for hydroxylation is 1. The molecule has 1 N–H and O–H groups in total. The molecule has 0 heterocycles. The van der Waals surface area contributed by atoms with Crippen molar-refractivity contribution in [1.82, 2.24) is 0 Å². The Balaban J connectivity index is 2.28. The normalized spacial score (nSPS) is 10.3. The van der Waals surface area contributed by atoms with Crippen molar-refractivity contribution in [2.24, 2.45) is 0 Å². The Bertz CT molecular complexity index is 641. The van der Waals surface area contributed by atoms with Crippen LogP contribution in [0.15, 0.2) is 49.8 Å². The summed E-state index contributed by atoms with van der Waals surface area (Å²) in [5.74, 6) is -0.140. The van der Waals surface area contributed by atoms with Crippen molar-refractivity contribution in [3.63, 3.8) is 0 Å². The molecule has 0 bridgehead atoms. The summed E-state index contributed by atoms with van der Waals surface area (Å²) in [4.78, 5) is 12.3. The Morgan fingerprint density at radius 1 is 1.00 bits per heavy atom. The van der Waals surface area contributed by atoms with Crippen molar-refractivity contribution >= 4 is 59.4 Å². The smallest absolute Gasteiger partial charge is 0.256 e. The Hall–Kier alpha value is -0.650. The number of halogens is 3. The number of benzene rings is 2. The third kappa shape index (κ3) is 3.68. The van der Waals surface area contributed by atoms with Crippen LogP contribution in [0, 0.1) is 6.92 Å². The zero-order valence-electron chi connectivity index (χ0n) is 10.0. The van der Waals surface area contributed by atoms with Crippen molar-refractivity contribution in [2.45, 2.75) is 6.92 Å². The van der Waals surface area contributed by atoms with E-state index in [0.29, 0.717) is 5.56 Å². The monoisotopic (exact) mass is 445 g/mol. The molecule has 2 aromatic carbocycles. The van der Waals surface area contributed by atoms with Crippen molar-refractivity contribution < 1.29 is 4.79 Å². The maximum Gasteiger partial charge on any atom is 0.256 e. The van der Waals surface area contributed by atoms with Gasteiger partial charge in [-0.3, -0.25) is 4.79 Å². The Kier molecular flexibility index (Phi) is 4.81. The summed E-state index contributed by atoms with van der Waals surface area (Å²) in [6.07, 6.45) is 0. The van der Waals surface area contributed by atoms with E-state index in [0.717, 1.165) is 24.7 Å². The molecular weight excluding hydrogens is 438 g/mol. The molecule has 0 fully saturated rings. The number of hydrogen-bond acceptors (Lipinski definition) is 1. The van der Waals surface area contributed by atoms with E-state index < -0.39 is 0 Å². The van der Waals surface area contributed by atoms with Gasteiger partial charge in [0, 0.05) is 19.1 Å². The number of amides is 1. The first-order valence-electron chi connectivity index (χ1n) is 5.50. The standard InChI is InChI=1S/C14H10Br3NO/c1-8-6-9(15)3-5-13(8)18-14(19)11-7-10(16)2-4-12(11)17/h2-7H,1H3,(H,18,19). The SMILES string of the molecule is Cc1cc(Br)ccc1NC(=O)c1cc(Br)ccc1Br. The second kappa shape index (κ2) is 6.20. The van der Waals surface area contributed by atoms with Gasteiger partial charge in [0.15, 0.2) is 0 Å². The number of carbonyl (C=O) groups excluding carboxylic acids is 1. The molecular formula is C14H10Br3NO. The molecule has 2 aromatic rings. The maximum absolute atomic E-state index is 12.3. The van der Waals surface area contributed by atoms with Crippen LogP contribution in [-0.2, 0) is 0 Å². The van der Waals surface area contributed by atoms with Gasteiger partial charge in [-0.25, -0.2) is 0 Å². The van der Waals surface area contributed by atoms with Gasteiger partial charge in [0.2, 0.25) is 0 Å². The number of hydrogen-bond donors (Lipinski definition) is 1. The summed E-state index contributed by atoms with van der Waals surface area (Å²) < 4.78 is 2.63. The van der Waals surface area contributed by atoms with Crippen LogP contribution in [0.1, 0.15) is 15.9 Å². The predicted molar refractivity (Wildman–Crippen MR) is 88.7 cm³/mol. The number of carbonyl (C=O) groups is 1. The van der Waals surface area contributed by atoms with E-state index in [1.165, 1.54) is 0 Å². The summed E-state index contributed by atoms with van der Waals surface area (Å²) in [5, 5.41) is 2.91. The van der Waals surface area contributed by atoms with Crippen molar-refractivity contribution in [2.75, 3.05) is 5.32 Å². The first-order valence-corrected chi connectivity index (χ1v) is 7.88. The molecule has 0 saturated carbocycles. The maximum atomic E-state index is 12.3. The van der Waals surface area contributed by atoms with Gasteiger partial charge in [0.25, 0.3) is 5.91 Å². The van der Waals surface area contributed by atoms with E-state index in [9.17, 15) is 4.79 Å². The minimum Gasteiger partial charge on any atom is -0.322 e. The first-order chi connectivity index (χ1) is 8.97. The largest absolute Gasteiger partial charge is 0.322 e. The van der Waals surface area contributed by atoms with Crippen molar-refractivity contribution in [3.8, 4) is 0 Å². The lowest BCUT2D eigenvalue weighted by Crippen LogP contribution is -2.13. The topological polar surface area (TPSA) is 29.1 Å². The van der Waals surface area contributed by atoms with E-state index in [4.69, 9.17) is 0 Å². The molecule has 0 radical (unpaired) electrons. The summed E-state index contributed by atoms with van der Waals surface area (Å²) in [7, 11) is 0. The summed E-state index contributed by atoms with van der Waals surface area (Å²) >= 11 is 10.2. The lowest BCUT2D eigenvalue weighted by atomic mass is 10.1. The Morgan fingerprint density at radius 2 is 1.63 bits per heavy atom. The molecule has 5 heteroatoms. The molecule has 0 spiro atoms. The van der Waals surface area contributed by atoms with E-state index in [2.05, 4.69) is 53.1 Å². The average Bonchev–Trinajstić information content (AvgIpc) is 2.35. The van der Waals surface area contributed by atoms with Crippen LogP contribution in [-0.4, -0.2) is 5.91 Å². The van der Waals surface area contributed by atoms with Crippen LogP contribution in [0.5, 0.6) is 0 Å². The third-order valence-corrected chi connectivity index (χ3v) is 4.29. The zero-order chi connectivity index (χ0) is 14.0. The van der Waals surface area contributed by atoms with Gasteiger partial charge in [0.1, 0.15) is 0 Å². The molecule has 0 saturated heterocycles.